The third-order valence-corrected chi connectivity index (χ3v) is 3.13. The van der Waals surface area contributed by atoms with Crippen LogP contribution in [-0.4, -0.2) is 54.1 Å². The monoisotopic (exact) mass is 253 g/mol. The van der Waals surface area contributed by atoms with Crippen LogP contribution in [0.2, 0.25) is 0 Å². The van der Waals surface area contributed by atoms with Gasteiger partial charge in [-0.2, -0.15) is 0 Å². The molecule has 1 aliphatic rings. The maximum Gasteiger partial charge on any atom is 0.186 e. The van der Waals surface area contributed by atoms with Gasteiger partial charge in [0, 0.05) is 39.3 Å². The summed E-state index contributed by atoms with van der Waals surface area (Å²) >= 11 is 0. The molecule has 1 aliphatic heterocycles. The molecule has 1 aromatic heterocycles. The Labute approximate surface area is 107 Å². The van der Waals surface area contributed by atoms with Crippen LogP contribution in [-0.2, 0) is 6.42 Å². The topological polar surface area (TPSA) is 53.1 Å². The van der Waals surface area contributed by atoms with Crippen LogP contribution in [0.4, 0.5) is 10.2 Å². The highest BCUT2D eigenvalue weighted by atomic mass is 19.1. The summed E-state index contributed by atoms with van der Waals surface area (Å²) in [5.74, 6) is -0.00250. The zero-order valence-electron chi connectivity index (χ0n) is 10.7. The molecule has 2 rings (SSSR count). The number of hydrogen-bond acceptors (Lipinski definition) is 5. The van der Waals surface area contributed by atoms with E-state index in [2.05, 4.69) is 25.5 Å². The van der Waals surface area contributed by atoms with Gasteiger partial charge >= 0.3 is 0 Å². The lowest BCUT2D eigenvalue weighted by Crippen LogP contribution is -2.45. The van der Waals surface area contributed by atoms with Crippen molar-refractivity contribution < 1.29 is 4.39 Å². The molecule has 6 heteroatoms. The molecule has 0 aromatic carbocycles. The van der Waals surface area contributed by atoms with E-state index >= 15 is 0 Å². The van der Waals surface area contributed by atoms with Gasteiger partial charge in [-0.05, 0) is 6.42 Å². The van der Waals surface area contributed by atoms with Crippen molar-refractivity contribution in [2.24, 2.45) is 0 Å². The molecule has 1 aromatic rings. The summed E-state index contributed by atoms with van der Waals surface area (Å²) in [7, 11) is 0. The van der Waals surface area contributed by atoms with Crippen molar-refractivity contribution in [1.29, 1.82) is 0 Å². The average molecular weight is 253 g/mol. The van der Waals surface area contributed by atoms with Crippen LogP contribution in [0, 0.1) is 5.82 Å². The summed E-state index contributed by atoms with van der Waals surface area (Å²) in [5, 5.41) is 6.35. The number of hydrogen-bond donors (Lipinski definition) is 2. The first kappa shape index (κ1) is 13.2. The standard InChI is InChI=1S/C12H20FN5/c1-2-10-11(13)12(17-9-16-10)15-5-8-18-6-3-14-4-7-18/h9,14H,2-8H2,1H3,(H,15,16,17). The summed E-state index contributed by atoms with van der Waals surface area (Å²) in [6.45, 7) is 7.66. The molecule has 2 heterocycles. The maximum absolute atomic E-state index is 13.8. The second-order valence-corrected chi connectivity index (χ2v) is 4.35. The van der Waals surface area contributed by atoms with Crippen LogP contribution < -0.4 is 10.6 Å². The number of aryl methyl sites for hydroxylation is 1. The molecule has 0 unspecified atom stereocenters. The lowest BCUT2D eigenvalue weighted by Gasteiger charge is -2.27. The number of rotatable bonds is 5. The molecule has 2 N–H and O–H groups in total. The lowest BCUT2D eigenvalue weighted by atomic mass is 10.3. The molecule has 1 saturated heterocycles. The van der Waals surface area contributed by atoms with Gasteiger partial charge in [0.05, 0.1) is 5.69 Å². The quantitative estimate of drug-likeness (QED) is 0.800. The smallest absolute Gasteiger partial charge is 0.186 e. The Morgan fingerprint density at radius 2 is 2.17 bits per heavy atom. The van der Waals surface area contributed by atoms with E-state index in [0.29, 0.717) is 24.5 Å². The van der Waals surface area contributed by atoms with Crippen LogP contribution in [0.1, 0.15) is 12.6 Å². The van der Waals surface area contributed by atoms with E-state index in [9.17, 15) is 4.39 Å². The highest BCUT2D eigenvalue weighted by molar-refractivity contribution is 5.37. The van der Waals surface area contributed by atoms with Crippen molar-refractivity contribution in [2.75, 3.05) is 44.6 Å². The average Bonchev–Trinajstić information content (AvgIpc) is 2.42. The zero-order chi connectivity index (χ0) is 12.8. The zero-order valence-corrected chi connectivity index (χ0v) is 10.7. The Morgan fingerprint density at radius 1 is 1.39 bits per heavy atom. The van der Waals surface area contributed by atoms with Crippen molar-refractivity contribution in [2.45, 2.75) is 13.3 Å². The molecule has 5 nitrogen and oxygen atoms in total. The molecule has 1 fully saturated rings. The molecular weight excluding hydrogens is 233 g/mol. The number of nitrogens with one attached hydrogen (secondary N) is 2. The van der Waals surface area contributed by atoms with Gasteiger partial charge < -0.3 is 10.6 Å². The minimum absolute atomic E-state index is 0.317. The summed E-state index contributed by atoms with van der Waals surface area (Å²) in [6.07, 6.45) is 2.00. The van der Waals surface area contributed by atoms with Crippen molar-refractivity contribution in [3.05, 3.63) is 17.8 Å². The first-order chi connectivity index (χ1) is 8.81. The van der Waals surface area contributed by atoms with E-state index in [1.807, 2.05) is 6.92 Å². The number of halogens is 1. The fraction of sp³-hybridized carbons (Fsp3) is 0.667. The third kappa shape index (κ3) is 3.36. The van der Waals surface area contributed by atoms with Crippen molar-refractivity contribution in [1.82, 2.24) is 20.2 Å². The van der Waals surface area contributed by atoms with Crippen LogP contribution in [0.15, 0.2) is 6.33 Å². The van der Waals surface area contributed by atoms with Crippen LogP contribution in [0.25, 0.3) is 0 Å². The molecule has 0 bridgehead atoms. The van der Waals surface area contributed by atoms with Gasteiger partial charge in [0.15, 0.2) is 11.6 Å². The first-order valence-electron chi connectivity index (χ1n) is 6.47. The molecule has 0 atom stereocenters. The van der Waals surface area contributed by atoms with Crippen LogP contribution in [0.3, 0.4) is 0 Å². The Kier molecular flexibility index (Phi) is 4.83. The van der Waals surface area contributed by atoms with Crippen LogP contribution >= 0.6 is 0 Å². The molecule has 0 amide bonds. The van der Waals surface area contributed by atoms with Gasteiger partial charge in [0.25, 0.3) is 0 Å². The number of aromatic nitrogens is 2. The first-order valence-corrected chi connectivity index (χ1v) is 6.47. The summed E-state index contributed by atoms with van der Waals surface area (Å²) in [6, 6.07) is 0. The summed E-state index contributed by atoms with van der Waals surface area (Å²) in [5.41, 5.74) is 0.467. The SMILES string of the molecule is CCc1ncnc(NCCN2CCNCC2)c1F. The summed E-state index contributed by atoms with van der Waals surface area (Å²) < 4.78 is 13.8. The Morgan fingerprint density at radius 3 is 2.89 bits per heavy atom. The van der Waals surface area contributed by atoms with Crippen LogP contribution in [0.5, 0.6) is 0 Å². The molecule has 0 aliphatic carbocycles. The van der Waals surface area contributed by atoms with Crippen molar-refractivity contribution >= 4 is 5.82 Å². The predicted molar refractivity (Wildman–Crippen MR) is 69.2 cm³/mol. The van der Waals surface area contributed by atoms with Gasteiger partial charge in [-0.3, -0.25) is 4.90 Å². The summed E-state index contributed by atoms with van der Waals surface area (Å²) in [4.78, 5) is 10.2. The van der Waals surface area contributed by atoms with E-state index in [1.165, 1.54) is 6.33 Å². The molecule has 0 radical (unpaired) electrons. The van der Waals surface area contributed by atoms with E-state index in [4.69, 9.17) is 0 Å². The number of anilines is 1. The van der Waals surface area contributed by atoms with E-state index in [0.717, 1.165) is 32.7 Å². The van der Waals surface area contributed by atoms with E-state index in [-0.39, 0.29) is 5.82 Å². The molecule has 0 saturated carbocycles. The highest BCUT2D eigenvalue weighted by Crippen LogP contribution is 2.12. The number of piperazine rings is 1. The Hall–Kier alpha value is -1.27. The normalized spacial score (nSPS) is 16.8. The molecular formula is C12H20FN5. The third-order valence-electron chi connectivity index (χ3n) is 3.13. The van der Waals surface area contributed by atoms with E-state index in [1.54, 1.807) is 0 Å². The fourth-order valence-corrected chi connectivity index (χ4v) is 2.04. The largest absolute Gasteiger partial charge is 0.366 e. The fourth-order valence-electron chi connectivity index (χ4n) is 2.04. The lowest BCUT2D eigenvalue weighted by molar-refractivity contribution is 0.249. The van der Waals surface area contributed by atoms with Crippen molar-refractivity contribution in [3.8, 4) is 0 Å². The highest BCUT2D eigenvalue weighted by Gasteiger charge is 2.11. The van der Waals surface area contributed by atoms with Gasteiger partial charge in [0.2, 0.25) is 0 Å². The van der Waals surface area contributed by atoms with Gasteiger partial charge in [-0.25, -0.2) is 14.4 Å². The Balaban J connectivity index is 1.82. The minimum Gasteiger partial charge on any atom is -0.366 e. The van der Waals surface area contributed by atoms with E-state index < -0.39 is 0 Å². The molecule has 100 valence electrons. The molecule has 0 spiro atoms. The molecule has 18 heavy (non-hydrogen) atoms. The minimum atomic E-state index is -0.319. The van der Waals surface area contributed by atoms with Gasteiger partial charge in [-0.1, -0.05) is 6.92 Å². The Bertz CT molecular complexity index is 379. The second kappa shape index (κ2) is 6.61. The number of nitrogens with zero attached hydrogens (tertiary/aromatic N) is 3. The van der Waals surface area contributed by atoms with Gasteiger partial charge in [0.1, 0.15) is 6.33 Å². The predicted octanol–water partition coefficient (Wildman–Crippen LogP) is 0.495. The maximum atomic E-state index is 13.8. The van der Waals surface area contributed by atoms with Gasteiger partial charge in [-0.15, -0.1) is 0 Å². The van der Waals surface area contributed by atoms with Crippen molar-refractivity contribution in [3.63, 3.8) is 0 Å². The second-order valence-electron chi connectivity index (χ2n) is 4.35.